The number of nitrogens with one attached hydrogen (secondary N) is 3. The quantitative estimate of drug-likeness (QED) is 0.346. The number of anilines is 1. The van der Waals surface area contributed by atoms with E-state index in [-0.39, 0.29) is 0 Å². The summed E-state index contributed by atoms with van der Waals surface area (Å²) in [6.07, 6.45) is 11.0. The van der Waals surface area contributed by atoms with Gasteiger partial charge < -0.3 is 10.3 Å². The highest BCUT2D eigenvalue weighted by molar-refractivity contribution is 5.98. The summed E-state index contributed by atoms with van der Waals surface area (Å²) in [6.45, 7) is 6.17. The Kier molecular flexibility index (Phi) is 4.61. The summed E-state index contributed by atoms with van der Waals surface area (Å²) in [7, 11) is 0. The Morgan fingerprint density at radius 3 is 2.71 bits per heavy atom. The van der Waals surface area contributed by atoms with E-state index in [1.807, 2.05) is 48.4 Å². The Morgan fingerprint density at radius 1 is 0.971 bits per heavy atom. The van der Waals surface area contributed by atoms with Crippen LogP contribution in [0.15, 0.2) is 61.6 Å². The van der Waals surface area contributed by atoms with Crippen molar-refractivity contribution in [1.29, 1.82) is 0 Å². The van der Waals surface area contributed by atoms with E-state index in [1.165, 1.54) is 0 Å². The van der Waals surface area contributed by atoms with Crippen molar-refractivity contribution in [1.82, 2.24) is 39.7 Å². The van der Waals surface area contributed by atoms with Gasteiger partial charge in [0.1, 0.15) is 17.8 Å². The predicted octanol–water partition coefficient (Wildman–Crippen LogP) is 4.88. The lowest BCUT2D eigenvalue weighted by molar-refractivity contribution is 0.898. The number of aromatic nitrogens is 8. The van der Waals surface area contributed by atoms with Gasteiger partial charge in [0, 0.05) is 47.2 Å². The molecule has 0 saturated heterocycles. The maximum Gasteiger partial charge on any atom is 0.147 e. The molecule has 0 atom stereocenters. The van der Waals surface area contributed by atoms with E-state index in [2.05, 4.69) is 66.4 Å². The molecule has 0 aromatic carbocycles. The fourth-order valence-corrected chi connectivity index (χ4v) is 4.18. The highest BCUT2D eigenvalue weighted by Gasteiger charge is 2.15. The van der Waals surface area contributed by atoms with Crippen molar-refractivity contribution >= 4 is 27.5 Å². The molecule has 6 aromatic heterocycles. The molecule has 0 amide bonds. The second kappa shape index (κ2) is 7.80. The Balaban J connectivity index is 1.45. The van der Waals surface area contributed by atoms with Gasteiger partial charge >= 0.3 is 0 Å². The van der Waals surface area contributed by atoms with Crippen LogP contribution >= 0.6 is 0 Å². The SMILES string of the molecule is Cc1cn(-c2nccc3[nH]c(-c4n[nH]c5cnc(-c6cncc(NC(C)C)c6)cc45)cc23)cn1. The Morgan fingerprint density at radius 2 is 1.88 bits per heavy atom. The number of imidazole rings is 1. The van der Waals surface area contributed by atoms with Gasteiger partial charge in [-0.15, -0.1) is 0 Å². The lowest BCUT2D eigenvalue weighted by Gasteiger charge is -2.10. The summed E-state index contributed by atoms with van der Waals surface area (Å²) in [5.74, 6) is 0.823. The van der Waals surface area contributed by atoms with Gasteiger partial charge in [0.05, 0.1) is 40.0 Å². The average Bonchev–Trinajstić information content (AvgIpc) is 3.55. The average molecular weight is 450 g/mol. The molecule has 0 radical (unpaired) electrons. The Labute approximate surface area is 195 Å². The molecule has 3 N–H and O–H groups in total. The second-order valence-electron chi connectivity index (χ2n) is 8.65. The monoisotopic (exact) mass is 449 g/mol. The maximum absolute atomic E-state index is 4.63. The van der Waals surface area contributed by atoms with Gasteiger partial charge in [-0.05, 0) is 45.0 Å². The first kappa shape index (κ1) is 20.1. The van der Waals surface area contributed by atoms with Gasteiger partial charge in [-0.2, -0.15) is 5.10 Å². The van der Waals surface area contributed by atoms with Crippen LogP contribution in [-0.4, -0.2) is 45.7 Å². The molecule has 0 bridgehead atoms. The topological polar surface area (TPSA) is 113 Å². The summed E-state index contributed by atoms with van der Waals surface area (Å²) >= 11 is 0. The molecule has 9 heteroatoms. The van der Waals surface area contributed by atoms with Gasteiger partial charge in [-0.3, -0.25) is 19.6 Å². The van der Waals surface area contributed by atoms with Crippen LogP contribution in [0.4, 0.5) is 5.69 Å². The van der Waals surface area contributed by atoms with Crippen molar-refractivity contribution in [2.45, 2.75) is 26.8 Å². The van der Waals surface area contributed by atoms with E-state index >= 15 is 0 Å². The highest BCUT2D eigenvalue weighted by Crippen LogP contribution is 2.32. The van der Waals surface area contributed by atoms with Crippen LogP contribution in [0.1, 0.15) is 19.5 Å². The molecular formula is C25H23N9. The smallest absolute Gasteiger partial charge is 0.147 e. The third kappa shape index (κ3) is 3.47. The van der Waals surface area contributed by atoms with Gasteiger partial charge in [-0.25, -0.2) is 9.97 Å². The lowest BCUT2D eigenvalue weighted by atomic mass is 10.1. The molecule has 0 aliphatic heterocycles. The number of hydrogen-bond acceptors (Lipinski definition) is 6. The standard InChI is InChI=1S/C25H23N9/c1-14(2)30-17-6-16(9-26-10-17)21-7-18-23(11-28-21)32-33-24(18)22-8-19-20(31-22)4-5-27-25(19)34-12-15(3)29-13-34/h4-14,30-31H,1-3H3,(H,32,33). The number of H-pyrrole nitrogens is 2. The lowest BCUT2D eigenvalue weighted by Crippen LogP contribution is -2.09. The van der Waals surface area contributed by atoms with Crippen molar-refractivity contribution in [3.63, 3.8) is 0 Å². The first-order valence-electron chi connectivity index (χ1n) is 11.1. The van der Waals surface area contributed by atoms with Gasteiger partial charge in [0.2, 0.25) is 0 Å². The van der Waals surface area contributed by atoms with Crippen LogP contribution in [0.25, 0.3) is 50.3 Å². The van der Waals surface area contributed by atoms with Crippen molar-refractivity contribution in [2.24, 2.45) is 0 Å². The zero-order valence-electron chi connectivity index (χ0n) is 19.0. The zero-order valence-corrected chi connectivity index (χ0v) is 19.0. The van der Waals surface area contributed by atoms with Gasteiger partial charge in [0.15, 0.2) is 0 Å². The number of aryl methyl sites for hydroxylation is 1. The minimum Gasteiger partial charge on any atom is -0.382 e. The number of hydrogen-bond donors (Lipinski definition) is 3. The van der Waals surface area contributed by atoms with E-state index < -0.39 is 0 Å². The summed E-state index contributed by atoms with van der Waals surface area (Å²) in [5.41, 5.74) is 7.26. The minimum atomic E-state index is 0.320. The van der Waals surface area contributed by atoms with Crippen LogP contribution in [0, 0.1) is 6.92 Å². The van der Waals surface area contributed by atoms with Gasteiger partial charge in [0.25, 0.3) is 0 Å². The molecule has 0 aliphatic carbocycles. The Hall–Kier alpha value is -4.53. The van der Waals surface area contributed by atoms with Crippen LogP contribution in [0.5, 0.6) is 0 Å². The van der Waals surface area contributed by atoms with E-state index in [0.717, 1.165) is 61.7 Å². The van der Waals surface area contributed by atoms with Crippen molar-refractivity contribution in [3.05, 3.63) is 67.3 Å². The molecule has 6 rings (SSSR count). The molecule has 6 heterocycles. The maximum atomic E-state index is 4.63. The van der Waals surface area contributed by atoms with E-state index in [9.17, 15) is 0 Å². The van der Waals surface area contributed by atoms with Crippen LogP contribution in [-0.2, 0) is 0 Å². The van der Waals surface area contributed by atoms with Crippen LogP contribution in [0.2, 0.25) is 0 Å². The molecule has 0 spiro atoms. The second-order valence-corrected chi connectivity index (χ2v) is 8.65. The van der Waals surface area contributed by atoms with E-state index in [1.54, 1.807) is 12.5 Å². The molecule has 0 fully saturated rings. The van der Waals surface area contributed by atoms with Crippen molar-refractivity contribution in [2.75, 3.05) is 5.32 Å². The molecular weight excluding hydrogens is 426 g/mol. The fourth-order valence-electron chi connectivity index (χ4n) is 4.18. The third-order valence-corrected chi connectivity index (χ3v) is 5.68. The normalized spacial score (nSPS) is 11.6. The zero-order chi connectivity index (χ0) is 23.2. The highest BCUT2D eigenvalue weighted by atomic mass is 15.1. The number of fused-ring (bicyclic) bond motifs is 2. The van der Waals surface area contributed by atoms with Crippen LogP contribution < -0.4 is 5.32 Å². The van der Waals surface area contributed by atoms with E-state index in [0.29, 0.717) is 6.04 Å². The largest absolute Gasteiger partial charge is 0.382 e. The number of aromatic amines is 2. The summed E-state index contributed by atoms with van der Waals surface area (Å²) < 4.78 is 1.94. The number of rotatable bonds is 5. The number of nitrogens with zero attached hydrogens (tertiary/aromatic N) is 6. The molecule has 34 heavy (non-hydrogen) atoms. The summed E-state index contributed by atoms with van der Waals surface area (Å²) in [6, 6.07) is 8.48. The molecule has 0 saturated carbocycles. The minimum absolute atomic E-state index is 0.320. The molecule has 6 aromatic rings. The molecule has 0 unspecified atom stereocenters. The third-order valence-electron chi connectivity index (χ3n) is 5.68. The van der Waals surface area contributed by atoms with Gasteiger partial charge in [-0.1, -0.05) is 0 Å². The first-order chi connectivity index (χ1) is 16.5. The molecule has 168 valence electrons. The Bertz CT molecular complexity index is 1640. The van der Waals surface area contributed by atoms with Crippen LogP contribution in [0.3, 0.4) is 0 Å². The predicted molar refractivity (Wildman–Crippen MR) is 133 cm³/mol. The van der Waals surface area contributed by atoms with Crippen molar-refractivity contribution < 1.29 is 0 Å². The number of pyridine rings is 3. The molecule has 9 nitrogen and oxygen atoms in total. The summed E-state index contributed by atoms with van der Waals surface area (Å²) in [4.78, 5) is 21.4. The fraction of sp³-hybridized carbons (Fsp3) is 0.160. The van der Waals surface area contributed by atoms with E-state index in [4.69, 9.17) is 0 Å². The first-order valence-corrected chi connectivity index (χ1v) is 11.1. The molecule has 0 aliphatic rings. The summed E-state index contributed by atoms with van der Waals surface area (Å²) in [5, 5.41) is 13.1. The van der Waals surface area contributed by atoms with Crippen molar-refractivity contribution in [3.8, 4) is 28.5 Å².